The SMILES string of the molecule is CN(CCC1CCCC1)C(=O)CCC(C)(C)N. The summed E-state index contributed by atoms with van der Waals surface area (Å²) in [5.74, 6) is 1.10. The molecule has 1 aliphatic rings. The molecule has 0 heterocycles. The predicted octanol–water partition coefficient (Wildman–Crippen LogP) is 2.54. The fraction of sp³-hybridized carbons (Fsp3) is 0.929. The van der Waals surface area contributed by atoms with Gasteiger partial charge in [-0.3, -0.25) is 4.79 Å². The van der Waals surface area contributed by atoms with Gasteiger partial charge in [0.2, 0.25) is 5.91 Å². The molecule has 1 fully saturated rings. The monoisotopic (exact) mass is 240 g/mol. The molecule has 0 unspecified atom stereocenters. The number of amides is 1. The summed E-state index contributed by atoms with van der Waals surface area (Å²) >= 11 is 0. The van der Waals surface area contributed by atoms with Crippen molar-refractivity contribution in [3.8, 4) is 0 Å². The standard InChI is InChI=1S/C14H28N2O/c1-14(2,15)10-8-13(17)16(3)11-9-12-6-4-5-7-12/h12H,4-11,15H2,1-3H3. The summed E-state index contributed by atoms with van der Waals surface area (Å²) in [6, 6.07) is 0. The molecule has 1 amide bonds. The van der Waals surface area contributed by atoms with Crippen molar-refractivity contribution in [3.63, 3.8) is 0 Å². The summed E-state index contributed by atoms with van der Waals surface area (Å²) in [6.07, 6.45) is 7.99. The van der Waals surface area contributed by atoms with Crippen LogP contribution in [0.5, 0.6) is 0 Å². The molecule has 0 aromatic rings. The summed E-state index contributed by atoms with van der Waals surface area (Å²) in [7, 11) is 1.92. The first-order valence-corrected chi connectivity index (χ1v) is 6.91. The lowest BCUT2D eigenvalue weighted by atomic mass is 9.99. The van der Waals surface area contributed by atoms with E-state index in [1.165, 1.54) is 32.1 Å². The zero-order chi connectivity index (χ0) is 12.9. The van der Waals surface area contributed by atoms with E-state index in [-0.39, 0.29) is 11.4 Å². The van der Waals surface area contributed by atoms with Crippen LogP contribution in [0.2, 0.25) is 0 Å². The fourth-order valence-corrected chi connectivity index (χ4v) is 2.42. The van der Waals surface area contributed by atoms with Gasteiger partial charge in [0.1, 0.15) is 0 Å². The summed E-state index contributed by atoms with van der Waals surface area (Å²) in [6.45, 7) is 4.85. The van der Waals surface area contributed by atoms with Crippen molar-refractivity contribution in [2.75, 3.05) is 13.6 Å². The Morgan fingerprint density at radius 2 is 1.94 bits per heavy atom. The lowest BCUT2D eigenvalue weighted by Gasteiger charge is -2.22. The number of carbonyl (C=O) groups excluding carboxylic acids is 1. The third-order valence-corrected chi connectivity index (χ3v) is 3.76. The second-order valence-electron chi connectivity index (χ2n) is 6.24. The van der Waals surface area contributed by atoms with Gasteiger partial charge in [-0.1, -0.05) is 25.7 Å². The van der Waals surface area contributed by atoms with Crippen LogP contribution in [-0.2, 0) is 4.79 Å². The summed E-state index contributed by atoms with van der Waals surface area (Å²) < 4.78 is 0. The first-order valence-electron chi connectivity index (χ1n) is 6.91. The number of hydrogen-bond donors (Lipinski definition) is 1. The van der Waals surface area contributed by atoms with Gasteiger partial charge in [0, 0.05) is 25.6 Å². The molecule has 0 aliphatic heterocycles. The Balaban J connectivity index is 2.17. The van der Waals surface area contributed by atoms with Crippen LogP contribution >= 0.6 is 0 Å². The molecule has 3 nitrogen and oxygen atoms in total. The normalized spacial score (nSPS) is 17.4. The second-order valence-corrected chi connectivity index (χ2v) is 6.24. The molecular weight excluding hydrogens is 212 g/mol. The van der Waals surface area contributed by atoms with Crippen LogP contribution in [-0.4, -0.2) is 29.9 Å². The summed E-state index contributed by atoms with van der Waals surface area (Å²) in [4.78, 5) is 13.7. The van der Waals surface area contributed by atoms with Gasteiger partial charge in [-0.15, -0.1) is 0 Å². The van der Waals surface area contributed by atoms with Crippen molar-refractivity contribution in [3.05, 3.63) is 0 Å². The van der Waals surface area contributed by atoms with Crippen LogP contribution in [0, 0.1) is 5.92 Å². The van der Waals surface area contributed by atoms with Crippen LogP contribution < -0.4 is 5.73 Å². The van der Waals surface area contributed by atoms with Gasteiger partial charge < -0.3 is 10.6 Å². The number of carbonyl (C=O) groups is 1. The van der Waals surface area contributed by atoms with Gasteiger partial charge in [0.15, 0.2) is 0 Å². The highest BCUT2D eigenvalue weighted by atomic mass is 16.2. The van der Waals surface area contributed by atoms with E-state index in [1.807, 2.05) is 25.8 Å². The van der Waals surface area contributed by atoms with Crippen LogP contribution in [0.3, 0.4) is 0 Å². The average molecular weight is 240 g/mol. The molecule has 0 spiro atoms. The van der Waals surface area contributed by atoms with Crippen LogP contribution in [0.25, 0.3) is 0 Å². The molecule has 0 bridgehead atoms. The topological polar surface area (TPSA) is 46.3 Å². The Hall–Kier alpha value is -0.570. The Morgan fingerprint density at radius 3 is 2.47 bits per heavy atom. The first-order chi connectivity index (χ1) is 7.88. The van der Waals surface area contributed by atoms with E-state index >= 15 is 0 Å². The Kier molecular flexibility index (Phi) is 5.44. The summed E-state index contributed by atoms with van der Waals surface area (Å²) in [5.41, 5.74) is 5.65. The van der Waals surface area contributed by atoms with Crippen molar-refractivity contribution in [1.29, 1.82) is 0 Å². The number of hydrogen-bond acceptors (Lipinski definition) is 2. The quantitative estimate of drug-likeness (QED) is 0.775. The molecule has 2 N–H and O–H groups in total. The molecule has 1 aliphatic carbocycles. The van der Waals surface area contributed by atoms with Crippen LogP contribution in [0.15, 0.2) is 0 Å². The molecule has 100 valence electrons. The van der Waals surface area contributed by atoms with Crippen molar-refractivity contribution in [2.45, 2.75) is 64.3 Å². The largest absolute Gasteiger partial charge is 0.346 e. The van der Waals surface area contributed by atoms with Crippen molar-refractivity contribution in [2.24, 2.45) is 11.7 Å². The minimum Gasteiger partial charge on any atom is -0.346 e. The van der Waals surface area contributed by atoms with E-state index in [9.17, 15) is 4.79 Å². The maximum Gasteiger partial charge on any atom is 0.222 e. The van der Waals surface area contributed by atoms with Gasteiger partial charge in [-0.05, 0) is 32.6 Å². The van der Waals surface area contributed by atoms with Gasteiger partial charge in [0.05, 0.1) is 0 Å². The molecule has 17 heavy (non-hydrogen) atoms. The van der Waals surface area contributed by atoms with Crippen LogP contribution in [0.1, 0.15) is 58.8 Å². The van der Waals surface area contributed by atoms with Gasteiger partial charge >= 0.3 is 0 Å². The highest BCUT2D eigenvalue weighted by molar-refractivity contribution is 5.75. The van der Waals surface area contributed by atoms with Gasteiger partial charge in [0.25, 0.3) is 0 Å². The first kappa shape index (κ1) is 14.5. The van der Waals surface area contributed by atoms with Crippen LogP contribution in [0.4, 0.5) is 0 Å². The van der Waals surface area contributed by atoms with Crippen molar-refractivity contribution < 1.29 is 4.79 Å². The Labute approximate surface area is 106 Å². The lowest BCUT2D eigenvalue weighted by molar-refractivity contribution is -0.130. The molecule has 1 rings (SSSR count). The highest BCUT2D eigenvalue weighted by Gasteiger charge is 2.18. The molecule has 3 heteroatoms. The summed E-state index contributed by atoms with van der Waals surface area (Å²) in [5, 5.41) is 0. The molecule has 1 saturated carbocycles. The molecule has 0 atom stereocenters. The molecule has 0 aromatic heterocycles. The van der Waals surface area contributed by atoms with E-state index in [4.69, 9.17) is 5.73 Å². The smallest absolute Gasteiger partial charge is 0.222 e. The number of nitrogens with two attached hydrogens (primary N) is 1. The van der Waals surface area contributed by atoms with E-state index in [2.05, 4.69) is 0 Å². The predicted molar refractivity (Wildman–Crippen MR) is 71.7 cm³/mol. The number of rotatable bonds is 6. The van der Waals surface area contributed by atoms with E-state index in [0.29, 0.717) is 6.42 Å². The zero-order valence-electron chi connectivity index (χ0n) is 11.7. The average Bonchev–Trinajstić information content (AvgIpc) is 2.74. The van der Waals surface area contributed by atoms with E-state index in [0.717, 1.165) is 18.9 Å². The third kappa shape index (κ3) is 6.06. The Bertz CT molecular complexity index is 239. The number of nitrogens with zero attached hydrogens (tertiary/aromatic N) is 1. The molecule has 0 radical (unpaired) electrons. The molecule has 0 saturated heterocycles. The van der Waals surface area contributed by atoms with E-state index < -0.39 is 0 Å². The Morgan fingerprint density at radius 1 is 1.35 bits per heavy atom. The maximum absolute atomic E-state index is 11.9. The van der Waals surface area contributed by atoms with Crippen molar-refractivity contribution >= 4 is 5.91 Å². The highest BCUT2D eigenvalue weighted by Crippen LogP contribution is 2.27. The van der Waals surface area contributed by atoms with Crippen molar-refractivity contribution in [1.82, 2.24) is 4.90 Å². The van der Waals surface area contributed by atoms with Gasteiger partial charge in [-0.25, -0.2) is 0 Å². The zero-order valence-corrected chi connectivity index (χ0v) is 11.7. The minimum atomic E-state index is -0.234. The third-order valence-electron chi connectivity index (χ3n) is 3.76. The van der Waals surface area contributed by atoms with Gasteiger partial charge in [-0.2, -0.15) is 0 Å². The lowest BCUT2D eigenvalue weighted by Crippen LogP contribution is -2.35. The van der Waals surface area contributed by atoms with E-state index in [1.54, 1.807) is 0 Å². The molecular formula is C14H28N2O. The fourth-order valence-electron chi connectivity index (χ4n) is 2.42. The maximum atomic E-state index is 11.9. The second kappa shape index (κ2) is 6.39. The minimum absolute atomic E-state index is 0.234. The molecule has 0 aromatic carbocycles.